The van der Waals surface area contributed by atoms with Crippen molar-refractivity contribution in [2.24, 2.45) is 22.4 Å². The summed E-state index contributed by atoms with van der Waals surface area (Å²) in [5.41, 5.74) is 11.0. The Labute approximate surface area is 268 Å². The smallest absolute Gasteiger partial charge is 0.246 e. The first-order valence-electron chi connectivity index (χ1n) is 15.2. The Morgan fingerprint density at radius 1 is 1.18 bits per heavy atom. The molecule has 0 bridgehead atoms. The van der Waals surface area contributed by atoms with Crippen molar-refractivity contribution in [1.29, 1.82) is 0 Å². The van der Waals surface area contributed by atoms with Gasteiger partial charge in [-0.05, 0) is 43.4 Å². The Hall–Kier alpha value is -3.28. The second-order valence-corrected chi connectivity index (χ2v) is 13.4. The number of hydrogen-bond donors (Lipinski definition) is 4. The van der Waals surface area contributed by atoms with E-state index >= 15 is 0 Å². The number of nitrogens with two attached hydrogens (primary N) is 2. The Morgan fingerprint density at radius 2 is 1.80 bits per heavy atom. The molecule has 44 heavy (non-hydrogen) atoms. The second-order valence-electron chi connectivity index (χ2n) is 12.5. The molecule has 1 fully saturated rings. The molecule has 2 atom stereocenters. The van der Waals surface area contributed by atoms with Crippen molar-refractivity contribution in [1.82, 2.24) is 25.5 Å². The Balaban J connectivity index is 0.000000476. The molecule has 246 valence electrons. The lowest BCUT2D eigenvalue weighted by atomic mass is 9.83. The van der Waals surface area contributed by atoms with Crippen LogP contribution in [0.5, 0.6) is 0 Å². The summed E-state index contributed by atoms with van der Waals surface area (Å²) in [7, 11) is 3.61. The molecular weight excluding hydrogens is 574 g/mol. The molecule has 2 aromatic rings. The van der Waals surface area contributed by atoms with Crippen molar-refractivity contribution in [2.45, 2.75) is 93.3 Å². The SMILES string of the molecule is CC.CN(N)/C=C(\N)C(C)(C)CC(=O)N[C@@H](C(=O)N1CCC[C@@H]1C=O)C(C)(C)C.CNCc1ccc(-c2scnc2C)cc1. The topological polar surface area (TPSA) is 147 Å². The van der Waals surface area contributed by atoms with Crippen LogP contribution >= 0.6 is 11.3 Å². The predicted molar refractivity (Wildman–Crippen MR) is 181 cm³/mol. The largest absolute Gasteiger partial charge is 0.400 e. The van der Waals surface area contributed by atoms with Crippen LogP contribution < -0.4 is 22.2 Å². The Morgan fingerprint density at radius 3 is 2.27 bits per heavy atom. The molecule has 1 aliphatic heterocycles. The van der Waals surface area contributed by atoms with Gasteiger partial charge in [0.05, 0.1) is 22.1 Å². The fraction of sp³-hybridized carbons (Fsp3) is 0.576. The minimum atomic E-state index is -0.719. The number of hydrogen-bond acceptors (Lipinski definition) is 9. The normalized spacial score (nSPS) is 15.8. The molecule has 1 aromatic carbocycles. The minimum Gasteiger partial charge on any atom is -0.400 e. The van der Waals surface area contributed by atoms with Crippen LogP contribution in [0.1, 0.15) is 79.0 Å². The lowest BCUT2D eigenvalue weighted by Gasteiger charge is -2.35. The molecule has 2 amide bonds. The number of aromatic nitrogens is 1. The van der Waals surface area contributed by atoms with Gasteiger partial charge >= 0.3 is 0 Å². The number of carbonyl (C=O) groups is 3. The molecule has 6 N–H and O–H groups in total. The van der Waals surface area contributed by atoms with Crippen LogP contribution in [0.4, 0.5) is 0 Å². The first-order chi connectivity index (χ1) is 20.6. The van der Waals surface area contributed by atoms with Gasteiger partial charge in [-0.25, -0.2) is 10.8 Å². The number of likely N-dealkylation sites (tertiary alicyclic amines) is 1. The third-order valence-electron chi connectivity index (χ3n) is 7.23. The molecule has 2 heterocycles. The number of hydrazine groups is 1. The minimum absolute atomic E-state index is 0.111. The van der Waals surface area contributed by atoms with Gasteiger partial charge in [-0.3, -0.25) is 9.59 Å². The van der Waals surface area contributed by atoms with Gasteiger partial charge < -0.3 is 31.1 Å². The molecule has 1 saturated heterocycles. The summed E-state index contributed by atoms with van der Waals surface area (Å²) in [5, 5.41) is 7.35. The van der Waals surface area contributed by atoms with E-state index < -0.39 is 22.9 Å². The molecule has 0 spiro atoms. The number of benzene rings is 1. The zero-order valence-corrected chi connectivity index (χ0v) is 29.2. The van der Waals surface area contributed by atoms with Crippen molar-refractivity contribution in [3.63, 3.8) is 0 Å². The number of allylic oxidation sites excluding steroid dienone is 1. The maximum Gasteiger partial charge on any atom is 0.246 e. The van der Waals surface area contributed by atoms with Crippen LogP contribution in [-0.4, -0.2) is 65.7 Å². The monoisotopic (exact) mass is 629 g/mol. The standard InChI is InChI=1S/C19H35N5O3.C12H14N2S.C2H6/c1-18(2,3)16(17(27)24-9-7-8-13(24)12-25)22-15(26)10-19(4,5)14(20)11-23(6)21;1-9-12(15-8-14-9)11-5-3-10(4-6-11)7-13-2;1-2/h11-13,16H,7-10,20-21H2,1-6H3,(H,22,26);3-6,8,13H,7H2,1-2H3;1-2H3/b14-11-;;/t13-,16+;;/m1../s1. The van der Waals surface area contributed by atoms with E-state index in [0.717, 1.165) is 24.9 Å². The van der Waals surface area contributed by atoms with E-state index in [4.69, 9.17) is 11.6 Å². The van der Waals surface area contributed by atoms with E-state index in [-0.39, 0.29) is 18.2 Å². The zero-order chi connectivity index (χ0) is 33.7. The average molecular weight is 630 g/mol. The van der Waals surface area contributed by atoms with Crippen LogP contribution in [0.3, 0.4) is 0 Å². The van der Waals surface area contributed by atoms with Crippen LogP contribution in [0.25, 0.3) is 10.4 Å². The molecular formula is C33H55N7O3S. The third kappa shape index (κ3) is 11.7. The van der Waals surface area contributed by atoms with Gasteiger partial charge in [0.25, 0.3) is 0 Å². The summed E-state index contributed by atoms with van der Waals surface area (Å²) in [6, 6.07) is 7.51. The highest BCUT2D eigenvalue weighted by Gasteiger charge is 2.40. The number of aldehydes is 1. The Kier molecular flexibility index (Phi) is 15.7. The second kappa shape index (κ2) is 17.9. The van der Waals surface area contributed by atoms with Crippen molar-refractivity contribution in [3.05, 3.63) is 52.9 Å². The number of aryl methyl sites for hydroxylation is 1. The fourth-order valence-electron chi connectivity index (χ4n) is 4.69. The van der Waals surface area contributed by atoms with Crippen LogP contribution in [0.2, 0.25) is 0 Å². The fourth-order valence-corrected chi connectivity index (χ4v) is 5.50. The van der Waals surface area contributed by atoms with Gasteiger partial charge in [0, 0.05) is 43.9 Å². The first kappa shape index (κ1) is 38.7. The van der Waals surface area contributed by atoms with Crippen molar-refractivity contribution in [2.75, 3.05) is 20.6 Å². The summed E-state index contributed by atoms with van der Waals surface area (Å²) in [4.78, 5) is 44.1. The number of nitrogens with one attached hydrogen (secondary N) is 2. The molecule has 0 aliphatic carbocycles. The zero-order valence-electron chi connectivity index (χ0n) is 28.4. The number of rotatable bonds is 10. The number of carbonyl (C=O) groups excluding carboxylic acids is 3. The summed E-state index contributed by atoms with van der Waals surface area (Å²) in [6.07, 6.45) is 3.95. The highest BCUT2D eigenvalue weighted by molar-refractivity contribution is 7.13. The van der Waals surface area contributed by atoms with Gasteiger partial charge in [-0.1, -0.05) is 72.7 Å². The van der Waals surface area contributed by atoms with Gasteiger partial charge in [-0.15, -0.1) is 11.3 Å². The molecule has 10 nitrogen and oxygen atoms in total. The maximum absolute atomic E-state index is 13.0. The first-order valence-corrected chi connectivity index (χ1v) is 16.1. The predicted octanol–water partition coefficient (Wildman–Crippen LogP) is 4.59. The summed E-state index contributed by atoms with van der Waals surface area (Å²) < 4.78 is 0. The number of amides is 2. The van der Waals surface area contributed by atoms with Crippen molar-refractivity contribution < 1.29 is 14.4 Å². The van der Waals surface area contributed by atoms with E-state index in [1.807, 2.05) is 67.9 Å². The van der Waals surface area contributed by atoms with E-state index in [1.54, 1.807) is 29.5 Å². The number of thiazole rings is 1. The molecule has 1 aromatic heterocycles. The van der Waals surface area contributed by atoms with Crippen LogP contribution in [0.15, 0.2) is 41.7 Å². The highest BCUT2D eigenvalue weighted by Crippen LogP contribution is 2.29. The third-order valence-corrected chi connectivity index (χ3v) is 8.20. The van der Waals surface area contributed by atoms with Crippen molar-refractivity contribution in [3.8, 4) is 10.4 Å². The lowest BCUT2D eigenvalue weighted by molar-refractivity contribution is -0.141. The summed E-state index contributed by atoms with van der Waals surface area (Å²) >= 11 is 1.70. The van der Waals surface area contributed by atoms with Gasteiger partial charge in [0.2, 0.25) is 11.8 Å². The molecule has 11 heteroatoms. The Bertz CT molecular complexity index is 1220. The van der Waals surface area contributed by atoms with Crippen molar-refractivity contribution >= 4 is 29.4 Å². The molecule has 0 saturated carbocycles. The van der Waals surface area contributed by atoms with E-state index in [9.17, 15) is 14.4 Å². The van der Waals surface area contributed by atoms with Gasteiger partial charge in [0.1, 0.15) is 12.3 Å². The van der Waals surface area contributed by atoms with E-state index in [0.29, 0.717) is 18.7 Å². The average Bonchev–Trinajstić information content (AvgIpc) is 3.61. The molecule has 0 radical (unpaired) electrons. The maximum atomic E-state index is 13.0. The summed E-state index contributed by atoms with van der Waals surface area (Å²) in [6.45, 7) is 16.9. The van der Waals surface area contributed by atoms with Crippen LogP contribution in [-0.2, 0) is 20.9 Å². The van der Waals surface area contributed by atoms with E-state index in [1.165, 1.54) is 21.0 Å². The quantitative estimate of drug-likeness (QED) is 0.170. The highest BCUT2D eigenvalue weighted by atomic mass is 32.1. The molecule has 1 aliphatic rings. The molecule has 3 rings (SSSR count). The van der Waals surface area contributed by atoms with E-state index in [2.05, 4.69) is 39.9 Å². The van der Waals surface area contributed by atoms with Gasteiger partial charge in [0.15, 0.2) is 0 Å². The van der Waals surface area contributed by atoms with Gasteiger partial charge in [-0.2, -0.15) is 0 Å². The number of nitrogens with zero attached hydrogens (tertiary/aromatic N) is 3. The lowest BCUT2D eigenvalue weighted by Crippen LogP contribution is -2.56. The van der Waals surface area contributed by atoms with Crippen LogP contribution in [0, 0.1) is 17.8 Å². The molecule has 0 unspecified atom stereocenters. The summed E-state index contributed by atoms with van der Waals surface area (Å²) in [5.74, 6) is 5.11.